The Morgan fingerprint density at radius 1 is 1.02 bits per heavy atom. The van der Waals surface area contributed by atoms with Gasteiger partial charge in [-0.15, -0.1) is 0 Å². The Bertz CT molecular complexity index is 1550. The SMILES string of the molecule is CC(C)(C)OC(=O)N1CCN(c2nc(OCC3(CN4CCCC4)CC3)nc3c2COC(c2cccc4cccc(Cl)c24)C3)CC1. The number of hydrogen-bond acceptors (Lipinski definition) is 8. The lowest BCUT2D eigenvalue weighted by Crippen LogP contribution is -2.50. The summed E-state index contributed by atoms with van der Waals surface area (Å²) in [4.78, 5) is 29.4. The summed E-state index contributed by atoms with van der Waals surface area (Å²) < 4.78 is 18.6. The second-order valence-electron chi connectivity index (χ2n) is 14.2. The zero-order valence-electron chi connectivity index (χ0n) is 26.7. The van der Waals surface area contributed by atoms with Crippen LogP contribution in [0.1, 0.15) is 69.4 Å². The molecular weight excluding hydrogens is 590 g/mol. The van der Waals surface area contributed by atoms with Crippen LogP contribution in [0.25, 0.3) is 10.8 Å². The molecule has 45 heavy (non-hydrogen) atoms. The third kappa shape index (κ3) is 6.71. The first kappa shape index (κ1) is 30.5. The zero-order chi connectivity index (χ0) is 31.2. The summed E-state index contributed by atoms with van der Waals surface area (Å²) in [6, 6.07) is 12.7. The van der Waals surface area contributed by atoms with E-state index in [0.29, 0.717) is 51.8 Å². The number of piperazine rings is 1. The predicted octanol–water partition coefficient (Wildman–Crippen LogP) is 6.41. The van der Waals surface area contributed by atoms with Gasteiger partial charge in [-0.1, -0.05) is 41.9 Å². The number of rotatable bonds is 7. The molecule has 1 saturated carbocycles. The predicted molar refractivity (Wildman–Crippen MR) is 175 cm³/mol. The molecule has 4 aliphatic rings. The topological polar surface area (TPSA) is 80.3 Å². The molecule has 1 amide bonds. The molecule has 10 heteroatoms. The zero-order valence-corrected chi connectivity index (χ0v) is 27.4. The molecule has 3 aromatic rings. The molecule has 2 saturated heterocycles. The maximum Gasteiger partial charge on any atom is 0.410 e. The number of halogens is 1. The quantitative estimate of drug-likeness (QED) is 0.295. The highest BCUT2D eigenvalue weighted by Crippen LogP contribution is 2.47. The fourth-order valence-electron chi connectivity index (χ4n) is 6.93. The highest BCUT2D eigenvalue weighted by molar-refractivity contribution is 6.35. The Labute approximate surface area is 270 Å². The summed E-state index contributed by atoms with van der Waals surface area (Å²) in [5.74, 6) is 0.845. The van der Waals surface area contributed by atoms with Crippen LogP contribution in [0.4, 0.5) is 10.6 Å². The molecule has 0 N–H and O–H groups in total. The van der Waals surface area contributed by atoms with Crippen LogP contribution >= 0.6 is 11.6 Å². The Balaban J connectivity index is 1.14. The summed E-state index contributed by atoms with van der Waals surface area (Å²) in [7, 11) is 0. The fraction of sp³-hybridized carbons (Fsp3) is 0.571. The molecule has 7 rings (SSSR count). The highest BCUT2D eigenvalue weighted by atomic mass is 35.5. The number of carbonyl (C=O) groups excluding carboxylic acids is 1. The minimum atomic E-state index is -0.526. The van der Waals surface area contributed by atoms with Gasteiger partial charge in [0.05, 0.1) is 25.0 Å². The maximum absolute atomic E-state index is 12.7. The van der Waals surface area contributed by atoms with Gasteiger partial charge in [-0.3, -0.25) is 0 Å². The minimum absolute atomic E-state index is 0.189. The van der Waals surface area contributed by atoms with Gasteiger partial charge in [0, 0.05) is 60.5 Å². The fourth-order valence-corrected chi connectivity index (χ4v) is 7.22. The average Bonchev–Trinajstić information content (AvgIpc) is 3.60. The van der Waals surface area contributed by atoms with Crippen molar-refractivity contribution in [3.8, 4) is 6.01 Å². The van der Waals surface area contributed by atoms with Crippen molar-refractivity contribution in [1.29, 1.82) is 0 Å². The van der Waals surface area contributed by atoms with E-state index in [1.54, 1.807) is 4.90 Å². The third-order valence-electron chi connectivity index (χ3n) is 9.54. The van der Waals surface area contributed by atoms with Gasteiger partial charge < -0.3 is 28.9 Å². The van der Waals surface area contributed by atoms with Gasteiger partial charge in [-0.05, 0) is 76.6 Å². The van der Waals surface area contributed by atoms with E-state index in [0.717, 1.165) is 45.0 Å². The van der Waals surface area contributed by atoms with Gasteiger partial charge in [0.15, 0.2) is 0 Å². The molecular formula is C35H44ClN5O4. The van der Waals surface area contributed by atoms with Gasteiger partial charge in [0.25, 0.3) is 0 Å². The molecule has 1 atom stereocenters. The van der Waals surface area contributed by atoms with E-state index in [-0.39, 0.29) is 17.6 Å². The Morgan fingerprint density at radius 3 is 2.47 bits per heavy atom. The highest BCUT2D eigenvalue weighted by Gasteiger charge is 2.45. The molecule has 0 bridgehead atoms. The normalized spacial score (nSPS) is 21.6. The number of benzene rings is 2. The van der Waals surface area contributed by atoms with Gasteiger partial charge >= 0.3 is 12.1 Å². The van der Waals surface area contributed by atoms with Crippen LogP contribution in [0.5, 0.6) is 6.01 Å². The average molecular weight is 634 g/mol. The smallest absolute Gasteiger partial charge is 0.410 e. The number of nitrogens with zero attached hydrogens (tertiary/aromatic N) is 5. The largest absolute Gasteiger partial charge is 0.463 e. The van der Waals surface area contributed by atoms with Crippen LogP contribution in [-0.4, -0.2) is 83.9 Å². The lowest BCUT2D eigenvalue weighted by atomic mass is 9.94. The number of anilines is 1. The molecule has 3 fully saturated rings. The summed E-state index contributed by atoms with van der Waals surface area (Å²) in [6.07, 6.45) is 5.09. The van der Waals surface area contributed by atoms with E-state index < -0.39 is 5.60 Å². The number of amides is 1. The summed E-state index contributed by atoms with van der Waals surface area (Å²) in [5, 5.41) is 2.84. The van der Waals surface area contributed by atoms with E-state index in [9.17, 15) is 4.79 Å². The van der Waals surface area contributed by atoms with Gasteiger partial charge in [0.1, 0.15) is 11.4 Å². The van der Waals surface area contributed by atoms with Crippen molar-refractivity contribution < 1.29 is 19.0 Å². The summed E-state index contributed by atoms with van der Waals surface area (Å²) in [5.41, 5.74) is 2.69. The summed E-state index contributed by atoms with van der Waals surface area (Å²) >= 11 is 6.71. The second kappa shape index (κ2) is 12.2. The van der Waals surface area contributed by atoms with Crippen molar-refractivity contribution >= 4 is 34.3 Å². The summed E-state index contributed by atoms with van der Waals surface area (Å²) in [6.45, 7) is 12.6. The molecule has 1 aromatic heterocycles. The number of likely N-dealkylation sites (tertiary alicyclic amines) is 1. The van der Waals surface area contributed by atoms with Crippen molar-refractivity contribution in [1.82, 2.24) is 19.8 Å². The van der Waals surface area contributed by atoms with Crippen molar-refractivity contribution in [2.75, 3.05) is 57.3 Å². The lowest BCUT2D eigenvalue weighted by Gasteiger charge is -2.38. The van der Waals surface area contributed by atoms with Crippen LogP contribution < -0.4 is 9.64 Å². The molecule has 2 aromatic carbocycles. The van der Waals surface area contributed by atoms with E-state index in [2.05, 4.69) is 34.1 Å². The Hall–Kier alpha value is -3.14. The molecule has 240 valence electrons. The number of carbonyl (C=O) groups is 1. The maximum atomic E-state index is 12.7. The van der Waals surface area contributed by atoms with Gasteiger partial charge in [-0.25, -0.2) is 4.79 Å². The first-order valence-corrected chi connectivity index (χ1v) is 16.8. The Kier molecular flexibility index (Phi) is 8.29. The molecule has 9 nitrogen and oxygen atoms in total. The Morgan fingerprint density at radius 2 is 1.76 bits per heavy atom. The van der Waals surface area contributed by atoms with Crippen LogP contribution in [-0.2, 0) is 22.5 Å². The van der Waals surface area contributed by atoms with Crippen molar-refractivity contribution in [2.45, 2.75) is 71.2 Å². The van der Waals surface area contributed by atoms with Crippen LogP contribution in [0.3, 0.4) is 0 Å². The standard InChI is InChI=1S/C35H44ClN5O4/c1-34(2,3)45-33(42)41-18-16-40(17-19-41)31-26-21-43-29(25-10-6-8-24-9-7-11-27(36)30(24)25)20-28(26)37-32(38-31)44-23-35(12-13-35)22-39-14-4-5-15-39/h6-11,29H,4-5,12-23H2,1-3H3. The van der Waals surface area contributed by atoms with Crippen molar-refractivity contribution in [3.05, 3.63) is 58.2 Å². The number of fused-ring (bicyclic) bond motifs is 2. The molecule has 1 aliphatic carbocycles. The molecule has 4 heterocycles. The first-order valence-electron chi connectivity index (χ1n) is 16.4. The van der Waals surface area contributed by atoms with Crippen molar-refractivity contribution in [3.63, 3.8) is 0 Å². The monoisotopic (exact) mass is 633 g/mol. The molecule has 0 spiro atoms. The number of aromatic nitrogens is 2. The molecule has 3 aliphatic heterocycles. The lowest BCUT2D eigenvalue weighted by molar-refractivity contribution is 0.0230. The van der Waals surface area contributed by atoms with E-state index in [1.165, 1.54) is 38.8 Å². The van der Waals surface area contributed by atoms with Gasteiger partial charge in [-0.2, -0.15) is 9.97 Å². The minimum Gasteiger partial charge on any atom is -0.463 e. The van der Waals surface area contributed by atoms with E-state index in [4.69, 9.17) is 35.8 Å². The van der Waals surface area contributed by atoms with E-state index >= 15 is 0 Å². The van der Waals surface area contributed by atoms with Crippen LogP contribution in [0.2, 0.25) is 5.02 Å². The van der Waals surface area contributed by atoms with Gasteiger partial charge in [0.2, 0.25) is 0 Å². The van der Waals surface area contributed by atoms with Crippen LogP contribution in [0.15, 0.2) is 36.4 Å². The van der Waals surface area contributed by atoms with E-state index in [1.807, 2.05) is 32.9 Å². The number of ether oxygens (including phenoxy) is 3. The molecule has 0 radical (unpaired) electrons. The van der Waals surface area contributed by atoms with Crippen LogP contribution in [0, 0.1) is 5.41 Å². The molecule has 1 unspecified atom stereocenters. The number of hydrogen-bond donors (Lipinski definition) is 0. The third-order valence-corrected chi connectivity index (χ3v) is 9.86. The second-order valence-corrected chi connectivity index (χ2v) is 14.6. The van der Waals surface area contributed by atoms with Crippen molar-refractivity contribution in [2.24, 2.45) is 5.41 Å². The first-order chi connectivity index (χ1) is 21.7.